The van der Waals surface area contributed by atoms with Gasteiger partial charge in [0.05, 0.1) is 19.2 Å². The van der Waals surface area contributed by atoms with E-state index < -0.39 is 0 Å². The van der Waals surface area contributed by atoms with Gasteiger partial charge in [-0.1, -0.05) is 11.6 Å². The van der Waals surface area contributed by atoms with E-state index in [0.29, 0.717) is 0 Å². The molecule has 0 saturated heterocycles. The predicted molar refractivity (Wildman–Crippen MR) is 80.9 cm³/mol. The van der Waals surface area contributed by atoms with Crippen molar-refractivity contribution in [2.45, 2.75) is 13.5 Å². The Labute approximate surface area is 122 Å². The van der Waals surface area contributed by atoms with Crippen molar-refractivity contribution in [2.75, 3.05) is 19.5 Å². The Bertz CT molecular complexity index is 569. The van der Waals surface area contributed by atoms with Crippen molar-refractivity contribution in [1.29, 1.82) is 0 Å². The van der Waals surface area contributed by atoms with Crippen molar-refractivity contribution >= 4 is 28.6 Å². The van der Waals surface area contributed by atoms with Gasteiger partial charge in [-0.05, 0) is 24.6 Å². The molecule has 0 amide bonds. The van der Waals surface area contributed by atoms with Gasteiger partial charge in [-0.15, -0.1) is 11.3 Å². The first-order chi connectivity index (χ1) is 9.13. The normalized spacial score (nSPS) is 10.3. The van der Waals surface area contributed by atoms with Crippen LogP contribution in [0.2, 0.25) is 5.02 Å². The third kappa shape index (κ3) is 3.33. The Morgan fingerprint density at radius 1 is 1.16 bits per heavy atom. The molecular weight excluding hydrogens is 282 g/mol. The van der Waals surface area contributed by atoms with Crippen LogP contribution in [0.5, 0.6) is 11.5 Å². The van der Waals surface area contributed by atoms with Crippen LogP contribution in [0, 0.1) is 6.92 Å². The summed E-state index contributed by atoms with van der Waals surface area (Å²) in [6, 6.07) is 5.88. The number of aryl methyl sites for hydroxylation is 1. The highest BCUT2D eigenvalue weighted by Gasteiger charge is 2.08. The molecule has 1 heterocycles. The Hall–Kier alpha value is -1.39. The molecule has 1 aromatic heterocycles. The highest BCUT2D eigenvalue weighted by Crippen LogP contribution is 2.33. The van der Waals surface area contributed by atoms with Crippen molar-refractivity contribution in [2.24, 2.45) is 0 Å². The number of halogens is 1. The van der Waals surface area contributed by atoms with Crippen LogP contribution < -0.4 is 14.8 Å². The Morgan fingerprint density at radius 3 is 2.42 bits per heavy atom. The Morgan fingerprint density at radius 2 is 1.84 bits per heavy atom. The molecule has 0 fully saturated rings. The predicted octanol–water partition coefficient (Wildman–Crippen LogP) is 4.34. The average Bonchev–Trinajstić information content (AvgIpc) is 2.82. The number of hydrogen-bond acceptors (Lipinski definition) is 4. The van der Waals surface area contributed by atoms with E-state index in [1.165, 1.54) is 4.88 Å². The fourth-order valence-corrected chi connectivity index (χ4v) is 2.81. The van der Waals surface area contributed by atoms with Crippen molar-refractivity contribution in [1.82, 2.24) is 0 Å². The molecule has 1 aromatic carbocycles. The summed E-state index contributed by atoms with van der Waals surface area (Å²) < 4.78 is 10.6. The quantitative estimate of drug-likeness (QED) is 0.890. The molecule has 0 radical (unpaired) electrons. The summed E-state index contributed by atoms with van der Waals surface area (Å²) in [6.45, 7) is 2.78. The third-order valence-corrected chi connectivity index (χ3v) is 4.09. The summed E-state index contributed by atoms with van der Waals surface area (Å²) in [5, 5.41) is 6.10. The fourth-order valence-electron chi connectivity index (χ4n) is 1.80. The second-order valence-corrected chi connectivity index (χ2v) is 5.54. The molecule has 0 atom stereocenters. The van der Waals surface area contributed by atoms with Crippen molar-refractivity contribution in [3.05, 3.63) is 39.0 Å². The van der Waals surface area contributed by atoms with Crippen LogP contribution >= 0.6 is 22.9 Å². The Balaban J connectivity index is 2.15. The van der Waals surface area contributed by atoms with Gasteiger partial charge in [0.1, 0.15) is 0 Å². The largest absolute Gasteiger partial charge is 0.493 e. The second-order valence-electron chi connectivity index (χ2n) is 4.11. The van der Waals surface area contributed by atoms with Gasteiger partial charge in [0.25, 0.3) is 0 Å². The molecule has 19 heavy (non-hydrogen) atoms. The average molecular weight is 298 g/mol. The number of hydrogen-bond donors (Lipinski definition) is 1. The summed E-state index contributed by atoms with van der Waals surface area (Å²) in [7, 11) is 3.27. The van der Waals surface area contributed by atoms with Gasteiger partial charge >= 0.3 is 0 Å². The van der Waals surface area contributed by atoms with Gasteiger partial charge in [-0.2, -0.15) is 0 Å². The van der Waals surface area contributed by atoms with E-state index in [9.17, 15) is 0 Å². The number of thiophene rings is 1. The minimum Gasteiger partial charge on any atom is -0.493 e. The maximum atomic E-state index is 5.91. The zero-order valence-electron chi connectivity index (χ0n) is 11.1. The first-order valence-electron chi connectivity index (χ1n) is 5.83. The smallest absolute Gasteiger partial charge is 0.162 e. The summed E-state index contributed by atoms with van der Waals surface area (Å²) in [6.07, 6.45) is 0. The molecule has 102 valence electrons. The highest BCUT2D eigenvalue weighted by atomic mass is 35.5. The van der Waals surface area contributed by atoms with E-state index in [1.807, 2.05) is 30.5 Å². The Kier molecular flexibility index (Phi) is 4.56. The van der Waals surface area contributed by atoms with Crippen LogP contribution in [-0.4, -0.2) is 14.2 Å². The lowest BCUT2D eigenvalue weighted by atomic mass is 10.1. The maximum Gasteiger partial charge on any atom is 0.162 e. The number of ether oxygens (including phenoxy) is 2. The molecule has 2 aromatic rings. The van der Waals surface area contributed by atoms with Crippen molar-refractivity contribution in [3.63, 3.8) is 0 Å². The molecule has 0 aliphatic heterocycles. The number of anilines is 1. The molecule has 3 nitrogen and oxygen atoms in total. The molecule has 0 aliphatic carbocycles. The van der Waals surface area contributed by atoms with Crippen LogP contribution in [-0.2, 0) is 6.54 Å². The van der Waals surface area contributed by atoms with Gasteiger partial charge < -0.3 is 14.8 Å². The summed E-state index contributed by atoms with van der Waals surface area (Å²) in [5.41, 5.74) is 2.14. The van der Waals surface area contributed by atoms with Gasteiger partial charge in [0.15, 0.2) is 11.5 Å². The number of rotatable bonds is 5. The minimum atomic E-state index is 0.722. The van der Waals surface area contributed by atoms with E-state index in [4.69, 9.17) is 21.1 Å². The van der Waals surface area contributed by atoms with E-state index in [-0.39, 0.29) is 0 Å². The van der Waals surface area contributed by atoms with Crippen molar-refractivity contribution < 1.29 is 9.47 Å². The van der Waals surface area contributed by atoms with Crippen LogP contribution in [0.3, 0.4) is 0 Å². The van der Waals surface area contributed by atoms with Gasteiger partial charge in [-0.3, -0.25) is 0 Å². The minimum absolute atomic E-state index is 0.722. The molecular formula is C14H16ClNO2S. The van der Waals surface area contributed by atoms with Crippen molar-refractivity contribution in [3.8, 4) is 11.5 Å². The van der Waals surface area contributed by atoms with Gasteiger partial charge in [-0.25, -0.2) is 0 Å². The first kappa shape index (κ1) is 14.0. The molecule has 2 rings (SSSR count). The zero-order chi connectivity index (χ0) is 13.8. The molecule has 0 saturated carbocycles. The second kappa shape index (κ2) is 6.17. The topological polar surface area (TPSA) is 30.5 Å². The standard InChI is InChI=1S/C14H16ClNO2S/c1-9-4-13(17-2)14(18-3)6-12(9)16-7-11-5-10(15)8-19-11/h4-6,8,16H,7H2,1-3H3. The van der Waals surface area contributed by atoms with Crippen LogP contribution in [0.15, 0.2) is 23.6 Å². The van der Waals surface area contributed by atoms with Crippen LogP contribution in [0.25, 0.3) is 0 Å². The SMILES string of the molecule is COc1cc(C)c(NCc2cc(Cl)cs2)cc1OC. The highest BCUT2D eigenvalue weighted by molar-refractivity contribution is 7.10. The molecule has 5 heteroatoms. The van der Waals surface area contributed by atoms with E-state index in [2.05, 4.69) is 5.32 Å². The zero-order valence-corrected chi connectivity index (χ0v) is 12.7. The van der Waals surface area contributed by atoms with Crippen LogP contribution in [0.4, 0.5) is 5.69 Å². The lowest BCUT2D eigenvalue weighted by Gasteiger charge is -2.13. The molecule has 1 N–H and O–H groups in total. The van der Waals surface area contributed by atoms with Crippen LogP contribution in [0.1, 0.15) is 10.4 Å². The third-order valence-electron chi connectivity index (χ3n) is 2.81. The number of methoxy groups -OCH3 is 2. The van der Waals surface area contributed by atoms with E-state index >= 15 is 0 Å². The first-order valence-corrected chi connectivity index (χ1v) is 7.09. The maximum absolute atomic E-state index is 5.91. The van der Waals surface area contributed by atoms with Gasteiger partial charge in [0.2, 0.25) is 0 Å². The lowest BCUT2D eigenvalue weighted by Crippen LogP contribution is -2.01. The fraction of sp³-hybridized carbons (Fsp3) is 0.286. The summed E-state index contributed by atoms with van der Waals surface area (Å²) in [4.78, 5) is 1.19. The summed E-state index contributed by atoms with van der Waals surface area (Å²) >= 11 is 7.55. The molecule has 0 aliphatic rings. The van der Waals surface area contributed by atoms with E-state index in [1.54, 1.807) is 25.6 Å². The molecule has 0 bridgehead atoms. The molecule has 0 unspecified atom stereocenters. The molecule has 0 spiro atoms. The van der Waals surface area contributed by atoms with Gasteiger partial charge in [0, 0.05) is 28.6 Å². The van der Waals surface area contributed by atoms with E-state index in [0.717, 1.165) is 34.3 Å². The monoisotopic (exact) mass is 297 g/mol. The number of benzene rings is 1. The number of nitrogens with one attached hydrogen (secondary N) is 1. The summed E-state index contributed by atoms with van der Waals surface area (Å²) in [5.74, 6) is 1.46. The lowest BCUT2D eigenvalue weighted by molar-refractivity contribution is 0.355.